The highest BCUT2D eigenvalue weighted by molar-refractivity contribution is 8.13. The molecule has 1 atom stereocenters. The number of hydrogen-bond donors (Lipinski definition) is 0. The van der Waals surface area contributed by atoms with Crippen molar-refractivity contribution in [1.82, 2.24) is 4.90 Å². The fourth-order valence-electron chi connectivity index (χ4n) is 1.30. The molecule has 2 aliphatic rings. The number of fused-ring (bicyclic) bond motifs is 1. The summed E-state index contributed by atoms with van der Waals surface area (Å²) >= 11 is 1.33. The Morgan fingerprint density at radius 1 is 1.40 bits per heavy atom. The summed E-state index contributed by atoms with van der Waals surface area (Å²) in [6, 6.07) is -0.747. The first-order valence-electron chi connectivity index (χ1n) is 4.19. The molecule has 0 radical (unpaired) electrons. The summed E-state index contributed by atoms with van der Waals surface area (Å²) < 4.78 is 0. The molecule has 0 spiro atoms. The second-order valence-electron chi connectivity index (χ2n) is 2.98. The number of amidine groups is 2. The van der Waals surface area contributed by atoms with Crippen molar-refractivity contribution in [3.63, 3.8) is 0 Å². The van der Waals surface area contributed by atoms with Crippen LogP contribution in [0.1, 0.15) is 0 Å². The Balaban J connectivity index is 2.46. The second-order valence-corrected chi connectivity index (χ2v) is 3.76. The van der Waals surface area contributed by atoms with Crippen LogP contribution in [0.25, 0.3) is 0 Å². The van der Waals surface area contributed by atoms with E-state index in [1.165, 1.54) is 16.7 Å². The first-order valence-corrected chi connectivity index (χ1v) is 5.42. The molecule has 2 rings (SSSR count). The maximum Gasteiger partial charge on any atom is 0.289 e. The van der Waals surface area contributed by atoms with Crippen molar-refractivity contribution in [2.24, 2.45) is 15.0 Å². The summed E-state index contributed by atoms with van der Waals surface area (Å²) in [5.41, 5.74) is 0. The molecule has 1 unspecified atom stereocenters. The highest BCUT2D eigenvalue weighted by Gasteiger charge is 2.35. The van der Waals surface area contributed by atoms with Gasteiger partial charge < -0.3 is 0 Å². The van der Waals surface area contributed by atoms with Gasteiger partial charge in [-0.25, -0.2) is 4.99 Å². The van der Waals surface area contributed by atoms with Crippen LogP contribution in [0, 0.1) is 0 Å². The lowest BCUT2D eigenvalue weighted by Gasteiger charge is -2.27. The van der Waals surface area contributed by atoms with Gasteiger partial charge in [0.25, 0.3) is 11.8 Å². The van der Waals surface area contributed by atoms with Gasteiger partial charge in [0.15, 0.2) is 17.0 Å². The largest absolute Gasteiger partial charge is 0.292 e. The van der Waals surface area contributed by atoms with Gasteiger partial charge in [-0.15, -0.1) is 0 Å². The van der Waals surface area contributed by atoms with E-state index in [1.807, 2.05) is 0 Å². The average Bonchev–Trinajstić information content (AvgIpc) is 2.23. The van der Waals surface area contributed by atoms with Crippen molar-refractivity contribution in [2.75, 3.05) is 13.3 Å². The summed E-state index contributed by atoms with van der Waals surface area (Å²) in [4.78, 5) is 35.7. The predicted molar refractivity (Wildman–Crippen MR) is 58.4 cm³/mol. The number of hydrogen-bond acceptors (Lipinski definition) is 5. The van der Waals surface area contributed by atoms with E-state index in [0.29, 0.717) is 5.17 Å². The number of likely N-dealkylation sites (N-methyl/N-ethyl adjacent to an activating group) is 1. The van der Waals surface area contributed by atoms with Crippen LogP contribution in [-0.2, 0) is 9.59 Å². The standard InChI is InChI=1S/C8H8N4O2S/c1-12-7(14)5-6(11-8(12)15-2)10-4(13)3-9-5/h3,5H,1-2H3. The van der Waals surface area contributed by atoms with Gasteiger partial charge in [-0.1, -0.05) is 11.8 Å². The lowest BCUT2D eigenvalue weighted by Crippen LogP contribution is -2.48. The maximum absolute atomic E-state index is 11.8. The van der Waals surface area contributed by atoms with E-state index in [-0.39, 0.29) is 11.7 Å². The highest BCUT2D eigenvalue weighted by Crippen LogP contribution is 2.16. The molecule has 0 N–H and O–H groups in total. The number of aliphatic imine (C=N–C) groups is 3. The van der Waals surface area contributed by atoms with Gasteiger partial charge in [-0.05, 0) is 6.26 Å². The van der Waals surface area contributed by atoms with Crippen LogP contribution in [0.2, 0.25) is 0 Å². The molecule has 0 aromatic rings. The Morgan fingerprint density at radius 2 is 2.13 bits per heavy atom. The van der Waals surface area contributed by atoms with Crippen LogP contribution in [0.5, 0.6) is 0 Å². The normalized spacial score (nSPS) is 24.9. The lowest BCUT2D eigenvalue weighted by molar-refractivity contribution is -0.126. The van der Waals surface area contributed by atoms with Crippen molar-refractivity contribution in [3.05, 3.63) is 0 Å². The minimum absolute atomic E-state index is 0.190. The van der Waals surface area contributed by atoms with Gasteiger partial charge in [-0.3, -0.25) is 19.5 Å². The molecule has 0 saturated heterocycles. The summed E-state index contributed by atoms with van der Waals surface area (Å²) in [5.74, 6) is -0.491. The molecule has 0 aromatic carbocycles. The Morgan fingerprint density at radius 3 is 2.80 bits per heavy atom. The zero-order chi connectivity index (χ0) is 11.0. The third-order valence-corrected chi connectivity index (χ3v) is 2.78. The van der Waals surface area contributed by atoms with Crippen molar-refractivity contribution in [1.29, 1.82) is 0 Å². The molecule has 0 aliphatic carbocycles. The molecule has 0 bridgehead atoms. The Hall–Kier alpha value is -1.50. The van der Waals surface area contributed by atoms with Crippen LogP contribution < -0.4 is 0 Å². The molecule has 7 heteroatoms. The smallest absolute Gasteiger partial charge is 0.289 e. The minimum Gasteiger partial charge on any atom is -0.292 e. The predicted octanol–water partition coefficient (Wildman–Crippen LogP) is -0.445. The summed E-state index contributed by atoms with van der Waals surface area (Å²) in [5, 5.41) is 0.528. The summed E-state index contributed by atoms with van der Waals surface area (Å²) in [7, 11) is 1.63. The zero-order valence-electron chi connectivity index (χ0n) is 8.17. The quantitative estimate of drug-likeness (QED) is 0.559. The Kier molecular flexibility index (Phi) is 2.39. The lowest BCUT2D eigenvalue weighted by atomic mass is 10.2. The zero-order valence-corrected chi connectivity index (χ0v) is 8.98. The van der Waals surface area contributed by atoms with Crippen molar-refractivity contribution < 1.29 is 9.59 Å². The van der Waals surface area contributed by atoms with E-state index < -0.39 is 11.9 Å². The summed E-state index contributed by atoms with van der Waals surface area (Å²) in [6.07, 6.45) is 2.86. The van der Waals surface area contributed by atoms with Gasteiger partial charge >= 0.3 is 0 Å². The maximum atomic E-state index is 11.8. The van der Waals surface area contributed by atoms with E-state index in [1.54, 1.807) is 13.3 Å². The van der Waals surface area contributed by atoms with E-state index in [0.717, 1.165) is 6.21 Å². The minimum atomic E-state index is -0.747. The molecule has 0 aromatic heterocycles. The van der Waals surface area contributed by atoms with E-state index in [9.17, 15) is 9.59 Å². The second kappa shape index (κ2) is 3.58. The number of carbonyl (C=O) groups is 2. The van der Waals surface area contributed by atoms with Crippen molar-refractivity contribution in [2.45, 2.75) is 6.04 Å². The number of carbonyl (C=O) groups excluding carboxylic acids is 2. The van der Waals surface area contributed by atoms with Crippen molar-refractivity contribution in [3.8, 4) is 0 Å². The third kappa shape index (κ3) is 1.58. The molecule has 15 heavy (non-hydrogen) atoms. The van der Waals surface area contributed by atoms with Gasteiger partial charge in [0, 0.05) is 7.05 Å². The first-order chi connectivity index (χ1) is 7.13. The fourth-order valence-corrected chi connectivity index (χ4v) is 1.85. The Bertz CT molecular complexity index is 426. The molecule has 2 aliphatic heterocycles. The SMILES string of the molecule is CSC1=NC2=NC(=O)C=NC2C(=O)N1C. The Labute approximate surface area is 90.2 Å². The van der Waals surface area contributed by atoms with Crippen LogP contribution in [0.4, 0.5) is 0 Å². The van der Waals surface area contributed by atoms with E-state index in [2.05, 4.69) is 15.0 Å². The fraction of sp³-hybridized carbons (Fsp3) is 0.375. The van der Waals surface area contributed by atoms with Crippen molar-refractivity contribution >= 4 is 40.8 Å². The van der Waals surface area contributed by atoms with Crippen LogP contribution in [0.15, 0.2) is 15.0 Å². The number of thioether (sulfide) groups is 1. The third-order valence-electron chi connectivity index (χ3n) is 2.05. The average molecular weight is 224 g/mol. The molecular weight excluding hydrogens is 216 g/mol. The molecule has 0 fully saturated rings. The number of rotatable bonds is 0. The monoisotopic (exact) mass is 224 g/mol. The van der Waals surface area contributed by atoms with Gasteiger partial charge in [0.05, 0.1) is 6.21 Å². The highest BCUT2D eigenvalue weighted by atomic mass is 32.2. The van der Waals surface area contributed by atoms with Gasteiger partial charge in [-0.2, -0.15) is 4.99 Å². The summed E-state index contributed by atoms with van der Waals surface area (Å²) in [6.45, 7) is 0. The molecule has 0 saturated carbocycles. The van der Waals surface area contributed by atoms with Crippen LogP contribution >= 0.6 is 11.8 Å². The molecule has 78 valence electrons. The topological polar surface area (TPSA) is 74.5 Å². The molecule has 2 amide bonds. The first kappa shape index (κ1) is 10.0. The van der Waals surface area contributed by atoms with E-state index in [4.69, 9.17) is 0 Å². The van der Waals surface area contributed by atoms with Crippen LogP contribution in [-0.4, -0.2) is 53.3 Å². The number of amides is 2. The molecule has 6 nitrogen and oxygen atoms in total. The molecule has 2 heterocycles. The van der Waals surface area contributed by atoms with Crippen LogP contribution in [0.3, 0.4) is 0 Å². The van der Waals surface area contributed by atoms with E-state index >= 15 is 0 Å². The van der Waals surface area contributed by atoms with Gasteiger partial charge in [0.2, 0.25) is 0 Å². The van der Waals surface area contributed by atoms with Gasteiger partial charge in [0.1, 0.15) is 0 Å². The molecular formula is C8H8N4O2S. The number of nitrogens with zero attached hydrogens (tertiary/aromatic N) is 4.